The molecule has 9 nitrogen and oxygen atoms in total. The van der Waals surface area contributed by atoms with Crippen LogP contribution < -0.4 is 5.32 Å². The van der Waals surface area contributed by atoms with E-state index in [1.54, 1.807) is 13.8 Å². The van der Waals surface area contributed by atoms with Crippen molar-refractivity contribution in [1.82, 2.24) is 10.2 Å². The molecular weight excluding hydrogens is 320 g/mol. The van der Waals surface area contributed by atoms with Gasteiger partial charge in [0.2, 0.25) is 5.91 Å². The fourth-order valence-electron chi connectivity index (χ4n) is 3.00. The summed E-state index contributed by atoms with van der Waals surface area (Å²) < 4.78 is 15.8. The Balaban J connectivity index is 2.20. The molecule has 2 fully saturated rings. The fourth-order valence-corrected chi connectivity index (χ4v) is 3.00. The van der Waals surface area contributed by atoms with Crippen molar-refractivity contribution < 1.29 is 33.7 Å². The van der Waals surface area contributed by atoms with E-state index in [-0.39, 0.29) is 18.9 Å². The lowest BCUT2D eigenvalue weighted by Gasteiger charge is -2.34. The third-order valence-corrected chi connectivity index (χ3v) is 4.27. The third kappa shape index (κ3) is 3.78. The van der Waals surface area contributed by atoms with Crippen LogP contribution in [0.15, 0.2) is 0 Å². The van der Waals surface area contributed by atoms with Gasteiger partial charge in [-0.3, -0.25) is 4.79 Å². The molecule has 24 heavy (non-hydrogen) atoms. The molecule has 0 aromatic carbocycles. The Bertz CT molecular complexity index is 502. The number of likely N-dealkylation sites (tertiary alicyclic amines) is 1. The number of methoxy groups -OCH3 is 1. The van der Waals surface area contributed by atoms with E-state index in [1.165, 1.54) is 12.0 Å². The van der Waals surface area contributed by atoms with Crippen molar-refractivity contribution in [2.45, 2.75) is 44.6 Å². The summed E-state index contributed by atoms with van der Waals surface area (Å²) in [6.07, 6.45) is 0.0521. The Hall–Kier alpha value is -1.87. The van der Waals surface area contributed by atoms with Gasteiger partial charge in [0.25, 0.3) is 0 Å². The summed E-state index contributed by atoms with van der Waals surface area (Å²) in [6, 6.07) is -1.95. The second-order valence-corrected chi connectivity index (χ2v) is 6.34. The number of alkyl carbamates (subject to hydrolysis) is 1. The summed E-state index contributed by atoms with van der Waals surface area (Å²) >= 11 is 0. The lowest BCUT2D eigenvalue weighted by atomic mass is 10.0. The molecular formula is C15H24N2O7. The Morgan fingerprint density at radius 1 is 1.29 bits per heavy atom. The average Bonchev–Trinajstić information content (AvgIpc) is 2.91. The van der Waals surface area contributed by atoms with Crippen molar-refractivity contribution in [3.8, 4) is 0 Å². The van der Waals surface area contributed by atoms with Crippen LogP contribution in [-0.4, -0.2) is 72.7 Å². The van der Waals surface area contributed by atoms with Gasteiger partial charge < -0.3 is 29.5 Å². The first-order valence-electron chi connectivity index (χ1n) is 7.95. The van der Waals surface area contributed by atoms with Crippen LogP contribution in [-0.2, 0) is 23.8 Å². The summed E-state index contributed by atoms with van der Waals surface area (Å²) in [5, 5.41) is 11.9. The number of aliphatic carboxylic acids is 1. The van der Waals surface area contributed by atoms with Crippen molar-refractivity contribution in [3.05, 3.63) is 0 Å². The highest BCUT2D eigenvalue weighted by Crippen LogP contribution is 2.35. The zero-order valence-electron chi connectivity index (χ0n) is 14.1. The highest BCUT2D eigenvalue weighted by atomic mass is 16.7. The number of nitrogens with zero attached hydrogens (tertiary/aromatic N) is 1. The van der Waals surface area contributed by atoms with Crippen LogP contribution in [0, 0.1) is 5.92 Å². The van der Waals surface area contributed by atoms with E-state index in [9.17, 15) is 19.5 Å². The molecule has 0 aliphatic carbocycles. The van der Waals surface area contributed by atoms with Gasteiger partial charge in [0.05, 0.1) is 26.9 Å². The first kappa shape index (κ1) is 18.5. The van der Waals surface area contributed by atoms with Crippen molar-refractivity contribution in [3.63, 3.8) is 0 Å². The molecule has 2 saturated heterocycles. The minimum Gasteiger partial charge on any atom is -0.480 e. The molecule has 0 aromatic rings. The number of carboxylic acids is 1. The lowest BCUT2D eigenvalue weighted by molar-refractivity contribution is -0.257. The molecule has 9 heteroatoms. The van der Waals surface area contributed by atoms with Gasteiger partial charge >= 0.3 is 12.1 Å². The van der Waals surface area contributed by atoms with E-state index in [4.69, 9.17) is 9.47 Å². The molecule has 2 heterocycles. The Kier molecular flexibility index (Phi) is 5.66. The van der Waals surface area contributed by atoms with E-state index in [0.29, 0.717) is 13.2 Å². The summed E-state index contributed by atoms with van der Waals surface area (Å²) in [4.78, 5) is 37.2. The quantitative estimate of drug-likeness (QED) is 0.748. The van der Waals surface area contributed by atoms with Crippen LogP contribution in [0.1, 0.15) is 26.7 Å². The van der Waals surface area contributed by atoms with Crippen molar-refractivity contribution in [1.29, 1.82) is 0 Å². The van der Waals surface area contributed by atoms with Gasteiger partial charge in [-0.1, -0.05) is 13.8 Å². The normalized spacial score (nSPS) is 24.0. The van der Waals surface area contributed by atoms with E-state index in [1.807, 2.05) is 0 Å². The standard InChI is InChI=1S/C15H24N2O7/c1-9(2)11(16-14(21)22-3)12(18)17-8-15(7-10(17)13(19)20)23-5-4-6-24-15/h9-11H,4-8H2,1-3H3,(H,16,21)(H,19,20)/t10-,11-/m0/s1. The number of ether oxygens (including phenoxy) is 3. The van der Waals surface area contributed by atoms with E-state index >= 15 is 0 Å². The summed E-state index contributed by atoms with van der Waals surface area (Å²) in [5.41, 5.74) is 0. The maximum Gasteiger partial charge on any atom is 0.407 e. The largest absolute Gasteiger partial charge is 0.480 e. The summed E-state index contributed by atoms with van der Waals surface area (Å²) in [7, 11) is 1.20. The van der Waals surface area contributed by atoms with Crippen LogP contribution in [0.25, 0.3) is 0 Å². The van der Waals surface area contributed by atoms with Gasteiger partial charge in [-0.25, -0.2) is 9.59 Å². The minimum absolute atomic E-state index is 0.0227. The van der Waals surface area contributed by atoms with Gasteiger partial charge in [0.15, 0.2) is 5.79 Å². The van der Waals surface area contributed by atoms with Crippen LogP contribution in [0.5, 0.6) is 0 Å². The van der Waals surface area contributed by atoms with Crippen molar-refractivity contribution in [2.24, 2.45) is 5.92 Å². The zero-order valence-corrected chi connectivity index (χ0v) is 14.1. The third-order valence-electron chi connectivity index (χ3n) is 4.27. The second-order valence-electron chi connectivity index (χ2n) is 6.34. The van der Waals surface area contributed by atoms with Gasteiger partial charge in [-0.15, -0.1) is 0 Å². The van der Waals surface area contributed by atoms with Gasteiger partial charge in [0, 0.05) is 6.42 Å². The van der Waals surface area contributed by atoms with E-state index in [0.717, 1.165) is 6.42 Å². The maximum absolute atomic E-state index is 12.9. The first-order valence-corrected chi connectivity index (χ1v) is 7.95. The molecule has 2 aliphatic rings. The molecule has 2 atom stereocenters. The number of rotatable bonds is 4. The highest BCUT2D eigenvalue weighted by molar-refractivity contribution is 5.90. The maximum atomic E-state index is 12.9. The molecule has 2 N–H and O–H groups in total. The zero-order chi connectivity index (χ0) is 17.9. The first-order chi connectivity index (χ1) is 11.3. The molecule has 2 rings (SSSR count). The SMILES string of the molecule is COC(=O)N[C@H](C(=O)N1CC2(C[C@H]1C(=O)O)OCCCO2)C(C)C. The molecule has 0 aromatic heterocycles. The number of nitrogens with one attached hydrogen (secondary N) is 1. The average molecular weight is 344 g/mol. The molecule has 0 unspecified atom stereocenters. The monoisotopic (exact) mass is 344 g/mol. The van der Waals surface area contributed by atoms with Crippen LogP contribution in [0.4, 0.5) is 4.79 Å². The second kappa shape index (κ2) is 7.35. The van der Waals surface area contributed by atoms with Crippen LogP contribution >= 0.6 is 0 Å². The van der Waals surface area contributed by atoms with Gasteiger partial charge in [0.1, 0.15) is 12.1 Å². The van der Waals surface area contributed by atoms with Crippen molar-refractivity contribution >= 4 is 18.0 Å². The van der Waals surface area contributed by atoms with E-state index in [2.05, 4.69) is 10.1 Å². The van der Waals surface area contributed by atoms with Gasteiger partial charge in [-0.05, 0) is 12.3 Å². The number of hydrogen-bond donors (Lipinski definition) is 2. The minimum atomic E-state index is -1.13. The fraction of sp³-hybridized carbons (Fsp3) is 0.800. The molecule has 0 bridgehead atoms. The highest BCUT2D eigenvalue weighted by Gasteiger charge is 2.53. The molecule has 0 radical (unpaired) electrons. The molecule has 136 valence electrons. The smallest absolute Gasteiger partial charge is 0.407 e. The Morgan fingerprint density at radius 2 is 1.92 bits per heavy atom. The molecule has 2 aliphatic heterocycles. The molecule has 0 saturated carbocycles. The number of carboxylic acid groups (broad SMARTS) is 1. The number of hydrogen-bond acceptors (Lipinski definition) is 6. The van der Waals surface area contributed by atoms with E-state index < -0.39 is 35.8 Å². The van der Waals surface area contributed by atoms with Crippen LogP contribution in [0.3, 0.4) is 0 Å². The predicted molar refractivity (Wildman–Crippen MR) is 81.2 cm³/mol. The van der Waals surface area contributed by atoms with Crippen molar-refractivity contribution in [2.75, 3.05) is 26.9 Å². The molecule has 1 spiro atoms. The molecule has 2 amide bonds. The summed E-state index contributed by atoms with van der Waals surface area (Å²) in [6.45, 7) is 4.46. The Labute approximate surface area is 140 Å². The summed E-state index contributed by atoms with van der Waals surface area (Å²) in [5.74, 6) is -2.93. The predicted octanol–water partition coefficient (Wildman–Crippen LogP) is 0.186. The number of amides is 2. The topological polar surface area (TPSA) is 114 Å². The Morgan fingerprint density at radius 3 is 2.42 bits per heavy atom. The number of carbonyl (C=O) groups excluding carboxylic acids is 2. The number of carbonyl (C=O) groups is 3. The van der Waals surface area contributed by atoms with Gasteiger partial charge in [-0.2, -0.15) is 0 Å². The van der Waals surface area contributed by atoms with Crippen LogP contribution in [0.2, 0.25) is 0 Å². The lowest BCUT2D eigenvalue weighted by Crippen LogP contribution is -2.54.